The molecule has 3 aromatic rings. The molecule has 2 amide bonds. The first-order chi connectivity index (χ1) is 14.0. The minimum absolute atomic E-state index is 0.0478. The molecule has 0 aliphatic carbocycles. The fraction of sp³-hybridized carbons (Fsp3) is 0.304. The van der Waals surface area contributed by atoms with E-state index in [0.29, 0.717) is 12.1 Å². The van der Waals surface area contributed by atoms with Crippen LogP contribution < -0.4 is 10.2 Å². The maximum absolute atomic E-state index is 13.4. The summed E-state index contributed by atoms with van der Waals surface area (Å²) in [6.45, 7) is 1.44. The van der Waals surface area contributed by atoms with Crippen LogP contribution in [0.25, 0.3) is 10.9 Å². The summed E-state index contributed by atoms with van der Waals surface area (Å²) >= 11 is 0. The predicted octanol–water partition coefficient (Wildman–Crippen LogP) is 1.34. The van der Waals surface area contributed by atoms with Gasteiger partial charge in [-0.3, -0.25) is 9.59 Å². The van der Waals surface area contributed by atoms with Gasteiger partial charge in [-0.2, -0.15) is 0 Å². The molecule has 2 aromatic carbocycles. The van der Waals surface area contributed by atoms with Crippen LogP contribution in [0.4, 0.5) is 0 Å². The molecule has 29 heavy (non-hydrogen) atoms. The normalized spacial score (nSPS) is 18.9. The number of rotatable bonds is 5. The zero-order valence-electron chi connectivity index (χ0n) is 17.0. The van der Waals surface area contributed by atoms with E-state index >= 15 is 0 Å². The molecule has 2 heterocycles. The molecule has 0 unspecified atom stereocenters. The second-order valence-corrected chi connectivity index (χ2v) is 7.96. The zero-order valence-corrected chi connectivity index (χ0v) is 17.0. The second-order valence-electron chi connectivity index (χ2n) is 7.96. The predicted molar refractivity (Wildman–Crippen MR) is 113 cm³/mol. The van der Waals surface area contributed by atoms with Gasteiger partial charge in [0, 0.05) is 35.3 Å². The summed E-state index contributed by atoms with van der Waals surface area (Å²) in [6.07, 6.45) is 1.93. The second kappa shape index (κ2) is 7.72. The molecule has 2 atom stereocenters. The molecule has 1 aliphatic rings. The Hall–Kier alpha value is -3.12. The number of benzene rings is 2. The fourth-order valence-corrected chi connectivity index (χ4v) is 4.23. The smallest absolute Gasteiger partial charge is 0.254 e. The molecule has 1 aliphatic heterocycles. The highest BCUT2D eigenvalue weighted by atomic mass is 16.2. The van der Waals surface area contributed by atoms with Gasteiger partial charge in [0.05, 0.1) is 39.1 Å². The van der Waals surface area contributed by atoms with Crippen molar-refractivity contribution in [1.29, 1.82) is 0 Å². The van der Waals surface area contributed by atoms with E-state index in [9.17, 15) is 9.59 Å². The number of H-pyrrole nitrogens is 1. The van der Waals surface area contributed by atoms with E-state index in [4.69, 9.17) is 0 Å². The Labute approximate surface area is 170 Å². The molecule has 6 nitrogen and oxygen atoms in total. The molecule has 0 fully saturated rings. The van der Waals surface area contributed by atoms with Crippen LogP contribution in [-0.4, -0.2) is 55.9 Å². The van der Waals surface area contributed by atoms with Crippen LogP contribution in [0.15, 0.2) is 54.7 Å². The summed E-state index contributed by atoms with van der Waals surface area (Å²) in [4.78, 5) is 32.7. The number of quaternary nitrogens is 1. The van der Waals surface area contributed by atoms with Gasteiger partial charge in [-0.05, 0) is 17.7 Å². The third kappa shape index (κ3) is 3.40. The van der Waals surface area contributed by atoms with Gasteiger partial charge in [0.2, 0.25) is 5.91 Å². The molecule has 1 aromatic heterocycles. The Morgan fingerprint density at radius 3 is 2.62 bits per heavy atom. The van der Waals surface area contributed by atoms with Crippen molar-refractivity contribution < 1.29 is 14.5 Å². The molecule has 4 rings (SSSR count). The van der Waals surface area contributed by atoms with Gasteiger partial charge in [-0.15, -0.1) is 0 Å². The quantitative estimate of drug-likeness (QED) is 0.614. The zero-order chi connectivity index (χ0) is 20.5. The van der Waals surface area contributed by atoms with E-state index in [0.717, 1.165) is 28.6 Å². The third-order valence-electron chi connectivity index (χ3n) is 5.73. The number of likely N-dealkylation sites (N-methyl/N-ethyl adjacent to an activating group) is 2. The van der Waals surface area contributed by atoms with E-state index in [1.54, 1.807) is 11.9 Å². The Morgan fingerprint density at radius 2 is 1.83 bits per heavy atom. The van der Waals surface area contributed by atoms with Crippen LogP contribution in [0.5, 0.6) is 0 Å². The molecule has 0 radical (unpaired) electrons. The fourth-order valence-electron chi connectivity index (χ4n) is 4.23. The molecular formula is C23H27N4O2+. The van der Waals surface area contributed by atoms with E-state index in [-0.39, 0.29) is 17.9 Å². The number of para-hydroxylation sites is 1. The lowest BCUT2D eigenvalue weighted by Gasteiger charge is -2.39. The van der Waals surface area contributed by atoms with E-state index in [1.165, 1.54) is 4.90 Å². The molecule has 0 saturated heterocycles. The summed E-state index contributed by atoms with van der Waals surface area (Å²) in [5, 5.41) is 4.13. The molecule has 150 valence electrons. The number of amides is 2. The SMILES string of the molecule is CN1C(=O)c2ccccc2[C@@H](C(=O)NCC[NH+](C)C)[C@H]1c1c[nH]c2ccccc12. The van der Waals surface area contributed by atoms with Gasteiger partial charge in [0.25, 0.3) is 5.91 Å². The lowest BCUT2D eigenvalue weighted by Crippen LogP contribution is -3.06. The largest absolute Gasteiger partial charge is 0.361 e. The van der Waals surface area contributed by atoms with Gasteiger partial charge in [-0.25, -0.2) is 0 Å². The van der Waals surface area contributed by atoms with E-state index < -0.39 is 5.92 Å². The van der Waals surface area contributed by atoms with Crippen molar-refractivity contribution in [2.24, 2.45) is 0 Å². The number of aromatic nitrogens is 1. The van der Waals surface area contributed by atoms with Gasteiger partial charge in [0.1, 0.15) is 0 Å². The highest BCUT2D eigenvalue weighted by Crippen LogP contribution is 2.43. The molecule has 0 saturated carbocycles. The molecular weight excluding hydrogens is 364 g/mol. The van der Waals surface area contributed by atoms with Crippen molar-refractivity contribution in [2.75, 3.05) is 34.2 Å². The molecule has 0 bridgehead atoms. The first-order valence-corrected chi connectivity index (χ1v) is 9.98. The summed E-state index contributed by atoms with van der Waals surface area (Å²) in [7, 11) is 5.90. The summed E-state index contributed by atoms with van der Waals surface area (Å²) in [6, 6.07) is 15.1. The van der Waals surface area contributed by atoms with E-state index in [2.05, 4.69) is 24.4 Å². The molecule has 3 N–H and O–H groups in total. The molecule has 0 spiro atoms. The highest BCUT2D eigenvalue weighted by molar-refractivity contribution is 6.02. The summed E-state index contributed by atoms with van der Waals surface area (Å²) in [5.74, 6) is -0.573. The average Bonchev–Trinajstić information content (AvgIpc) is 3.14. The first kappa shape index (κ1) is 19.2. The monoisotopic (exact) mass is 391 g/mol. The minimum Gasteiger partial charge on any atom is -0.361 e. The average molecular weight is 391 g/mol. The van der Waals surface area contributed by atoms with Crippen molar-refractivity contribution >= 4 is 22.7 Å². The number of carbonyl (C=O) groups is 2. The van der Waals surface area contributed by atoms with Gasteiger partial charge >= 0.3 is 0 Å². The van der Waals surface area contributed by atoms with Crippen molar-refractivity contribution in [3.63, 3.8) is 0 Å². The Balaban J connectivity index is 1.80. The maximum Gasteiger partial charge on any atom is 0.254 e. The number of hydrogen-bond acceptors (Lipinski definition) is 2. The van der Waals surface area contributed by atoms with Crippen LogP contribution in [0.1, 0.15) is 33.4 Å². The summed E-state index contributed by atoms with van der Waals surface area (Å²) < 4.78 is 0. The van der Waals surface area contributed by atoms with Crippen LogP contribution in [0.3, 0.4) is 0 Å². The standard InChI is InChI=1S/C23H26N4O2/c1-26(2)13-12-24-22(28)20-16-9-4-5-10-17(16)23(29)27(3)21(20)18-14-25-19-11-7-6-8-15(18)19/h4-11,14,20-21,25H,12-13H2,1-3H3,(H,24,28)/p+1/t20-,21-/m1/s1. The number of nitrogens with one attached hydrogen (secondary N) is 3. The van der Waals surface area contributed by atoms with Crippen molar-refractivity contribution in [2.45, 2.75) is 12.0 Å². The minimum atomic E-state index is -0.467. The van der Waals surface area contributed by atoms with Crippen molar-refractivity contribution in [3.8, 4) is 0 Å². The Bertz CT molecular complexity index is 1060. The lowest BCUT2D eigenvalue weighted by atomic mass is 9.79. The topological polar surface area (TPSA) is 69.6 Å². The Kier molecular flexibility index (Phi) is 5.11. The third-order valence-corrected chi connectivity index (χ3v) is 5.73. The van der Waals surface area contributed by atoms with Crippen molar-refractivity contribution in [3.05, 3.63) is 71.4 Å². The number of aromatic amines is 1. The van der Waals surface area contributed by atoms with Crippen LogP contribution >= 0.6 is 0 Å². The van der Waals surface area contributed by atoms with Gasteiger partial charge in [-0.1, -0.05) is 36.4 Å². The number of nitrogens with zero attached hydrogens (tertiary/aromatic N) is 1. The van der Waals surface area contributed by atoms with Crippen molar-refractivity contribution in [1.82, 2.24) is 15.2 Å². The van der Waals surface area contributed by atoms with Crippen LogP contribution in [0, 0.1) is 0 Å². The lowest BCUT2D eigenvalue weighted by molar-refractivity contribution is -0.856. The summed E-state index contributed by atoms with van der Waals surface area (Å²) in [5.41, 5.74) is 3.35. The number of carbonyl (C=O) groups excluding carboxylic acids is 2. The van der Waals surface area contributed by atoms with E-state index in [1.807, 2.05) is 54.7 Å². The highest BCUT2D eigenvalue weighted by Gasteiger charge is 2.43. The number of hydrogen-bond donors (Lipinski definition) is 3. The maximum atomic E-state index is 13.4. The van der Waals surface area contributed by atoms with Crippen LogP contribution in [0.2, 0.25) is 0 Å². The number of fused-ring (bicyclic) bond motifs is 2. The van der Waals surface area contributed by atoms with Crippen LogP contribution in [-0.2, 0) is 4.79 Å². The van der Waals surface area contributed by atoms with Gasteiger partial charge < -0.3 is 20.1 Å². The Morgan fingerprint density at radius 1 is 1.10 bits per heavy atom. The van der Waals surface area contributed by atoms with Gasteiger partial charge in [0.15, 0.2) is 0 Å². The first-order valence-electron chi connectivity index (χ1n) is 9.98. The molecule has 6 heteroatoms.